The first kappa shape index (κ1) is 18.5. The van der Waals surface area contributed by atoms with Crippen molar-refractivity contribution < 1.29 is 4.79 Å². The molecule has 3 heteroatoms. The van der Waals surface area contributed by atoms with E-state index in [4.69, 9.17) is 0 Å². The number of amides is 1. The van der Waals surface area contributed by atoms with Gasteiger partial charge < -0.3 is 4.90 Å². The summed E-state index contributed by atoms with van der Waals surface area (Å²) in [5, 5.41) is 2.39. The van der Waals surface area contributed by atoms with Crippen LogP contribution in [0.2, 0.25) is 0 Å². The Kier molecular flexibility index (Phi) is 5.54. The van der Waals surface area contributed by atoms with E-state index in [-0.39, 0.29) is 5.91 Å². The molecule has 0 atom stereocenters. The Morgan fingerprint density at radius 2 is 1.54 bits per heavy atom. The van der Waals surface area contributed by atoms with Gasteiger partial charge in [-0.15, -0.1) is 0 Å². The van der Waals surface area contributed by atoms with Gasteiger partial charge >= 0.3 is 0 Å². The van der Waals surface area contributed by atoms with Crippen molar-refractivity contribution in [1.82, 2.24) is 9.80 Å². The molecule has 0 aliphatic carbocycles. The molecule has 1 heterocycles. The number of carbonyl (C=O) groups is 1. The van der Waals surface area contributed by atoms with Gasteiger partial charge in [-0.2, -0.15) is 0 Å². The van der Waals surface area contributed by atoms with E-state index < -0.39 is 0 Å². The Morgan fingerprint density at radius 1 is 0.857 bits per heavy atom. The van der Waals surface area contributed by atoms with Crippen LogP contribution in [0, 0.1) is 0 Å². The molecule has 0 bridgehead atoms. The average Bonchev–Trinajstić information content (AvgIpc) is 2.75. The van der Waals surface area contributed by atoms with Crippen LogP contribution in [0.15, 0.2) is 78.4 Å². The van der Waals surface area contributed by atoms with Crippen molar-refractivity contribution >= 4 is 22.8 Å². The molecule has 0 N–H and O–H groups in total. The summed E-state index contributed by atoms with van der Waals surface area (Å²) in [6, 6.07) is 25.1. The zero-order valence-electron chi connectivity index (χ0n) is 16.3. The van der Waals surface area contributed by atoms with Gasteiger partial charge in [0.25, 0.3) is 0 Å². The summed E-state index contributed by atoms with van der Waals surface area (Å²) >= 11 is 0. The summed E-state index contributed by atoms with van der Waals surface area (Å²) < 4.78 is 0. The summed E-state index contributed by atoms with van der Waals surface area (Å²) in [5.74, 6) is 0.146. The van der Waals surface area contributed by atoms with Crippen LogP contribution in [0.4, 0.5) is 0 Å². The largest absolute Gasteiger partial charge is 0.336 e. The molecule has 1 amide bonds. The van der Waals surface area contributed by atoms with E-state index in [2.05, 4.69) is 53.4 Å². The van der Waals surface area contributed by atoms with Crippen LogP contribution in [0.25, 0.3) is 16.8 Å². The molecule has 1 aliphatic rings. The first-order valence-corrected chi connectivity index (χ1v) is 9.92. The van der Waals surface area contributed by atoms with Gasteiger partial charge in [0, 0.05) is 38.3 Å². The van der Waals surface area contributed by atoms with E-state index >= 15 is 0 Å². The second-order valence-electron chi connectivity index (χ2n) is 7.45. The molecular weight excluding hydrogens is 344 g/mol. The maximum atomic E-state index is 12.9. The Morgan fingerprint density at radius 3 is 2.32 bits per heavy atom. The quantitative estimate of drug-likeness (QED) is 0.627. The summed E-state index contributed by atoms with van der Waals surface area (Å²) in [7, 11) is 0. The molecule has 28 heavy (non-hydrogen) atoms. The topological polar surface area (TPSA) is 23.6 Å². The van der Waals surface area contributed by atoms with Crippen molar-refractivity contribution in [3.8, 4) is 0 Å². The molecule has 4 rings (SSSR count). The Labute approximate surface area is 166 Å². The fraction of sp³-hybridized carbons (Fsp3) is 0.240. The third-order valence-electron chi connectivity index (χ3n) is 5.44. The van der Waals surface area contributed by atoms with E-state index in [0.29, 0.717) is 0 Å². The van der Waals surface area contributed by atoms with Gasteiger partial charge in [0.1, 0.15) is 0 Å². The van der Waals surface area contributed by atoms with Crippen LogP contribution in [0.3, 0.4) is 0 Å². The third kappa shape index (κ3) is 4.15. The van der Waals surface area contributed by atoms with Gasteiger partial charge in [-0.3, -0.25) is 9.69 Å². The number of hydrogen-bond donors (Lipinski definition) is 0. The highest BCUT2D eigenvalue weighted by atomic mass is 16.2. The van der Waals surface area contributed by atoms with Gasteiger partial charge in [-0.25, -0.2) is 0 Å². The standard InChI is InChI=1S/C25H26N2O/c1-20(18-23-12-7-11-22-10-5-6-13-24(22)23)25(28)27-16-14-26(15-17-27)19-21-8-3-2-4-9-21/h2-13,18H,14-17,19H2,1H3. The Hall–Kier alpha value is -2.91. The van der Waals surface area contributed by atoms with Crippen LogP contribution in [-0.2, 0) is 11.3 Å². The number of fused-ring (bicyclic) bond motifs is 1. The van der Waals surface area contributed by atoms with Crippen LogP contribution >= 0.6 is 0 Å². The van der Waals surface area contributed by atoms with Gasteiger partial charge in [-0.1, -0.05) is 72.8 Å². The van der Waals surface area contributed by atoms with Gasteiger partial charge in [0.2, 0.25) is 5.91 Å². The highest BCUT2D eigenvalue weighted by molar-refractivity contribution is 6.00. The number of hydrogen-bond acceptors (Lipinski definition) is 2. The van der Waals surface area contributed by atoms with E-state index in [1.54, 1.807) is 0 Å². The van der Waals surface area contributed by atoms with Gasteiger partial charge in [-0.05, 0) is 34.9 Å². The summed E-state index contributed by atoms with van der Waals surface area (Å²) in [6.45, 7) is 6.29. The van der Waals surface area contributed by atoms with Crippen LogP contribution in [0.1, 0.15) is 18.1 Å². The SMILES string of the molecule is CC(=Cc1cccc2ccccc12)C(=O)N1CCN(Cc2ccccc2)CC1. The lowest BCUT2D eigenvalue weighted by Gasteiger charge is -2.35. The normalized spacial score (nSPS) is 15.8. The van der Waals surface area contributed by atoms with Crippen molar-refractivity contribution in [2.75, 3.05) is 26.2 Å². The van der Waals surface area contributed by atoms with Crippen LogP contribution in [0.5, 0.6) is 0 Å². The van der Waals surface area contributed by atoms with Crippen molar-refractivity contribution in [2.24, 2.45) is 0 Å². The first-order valence-electron chi connectivity index (χ1n) is 9.92. The lowest BCUT2D eigenvalue weighted by molar-refractivity contribution is -0.128. The molecule has 1 fully saturated rings. The van der Waals surface area contributed by atoms with Crippen molar-refractivity contribution in [3.05, 3.63) is 89.5 Å². The van der Waals surface area contributed by atoms with E-state index in [1.807, 2.05) is 42.2 Å². The van der Waals surface area contributed by atoms with Crippen molar-refractivity contribution in [2.45, 2.75) is 13.5 Å². The molecule has 0 saturated carbocycles. The minimum absolute atomic E-state index is 0.146. The van der Waals surface area contributed by atoms with Crippen molar-refractivity contribution in [3.63, 3.8) is 0 Å². The van der Waals surface area contributed by atoms with E-state index in [9.17, 15) is 4.79 Å². The summed E-state index contributed by atoms with van der Waals surface area (Å²) in [4.78, 5) is 17.3. The van der Waals surface area contributed by atoms with Crippen molar-refractivity contribution in [1.29, 1.82) is 0 Å². The monoisotopic (exact) mass is 370 g/mol. The highest BCUT2D eigenvalue weighted by Gasteiger charge is 2.22. The van der Waals surface area contributed by atoms with Gasteiger partial charge in [0.15, 0.2) is 0 Å². The summed E-state index contributed by atoms with van der Waals surface area (Å²) in [5.41, 5.74) is 3.23. The molecule has 1 saturated heterocycles. The number of carbonyl (C=O) groups excluding carboxylic acids is 1. The molecule has 0 spiro atoms. The van der Waals surface area contributed by atoms with E-state index in [1.165, 1.54) is 16.3 Å². The summed E-state index contributed by atoms with van der Waals surface area (Å²) in [6.07, 6.45) is 2.03. The number of rotatable bonds is 4. The van der Waals surface area contributed by atoms with Crippen LogP contribution in [-0.4, -0.2) is 41.9 Å². The Bertz CT molecular complexity index is 980. The molecule has 0 unspecified atom stereocenters. The number of benzene rings is 3. The smallest absolute Gasteiger partial charge is 0.249 e. The van der Waals surface area contributed by atoms with Gasteiger partial charge in [0.05, 0.1) is 0 Å². The predicted octanol–water partition coefficient (Wildman–Crippen LogP) is 4.59. The lowest BCUT2D eigenvalue weighted by atomic mass is 10.0. The van der Waals surface area contributed by atoms with Crippen LogP contribution < -0.4 is 0 Å². The minimum atomic E-state index is 0.146. The molecule has 3 nitrogen and oxygen atoms in total. The fourth-order valence-electron chi connectivity index (χ4n) is 3.87. The molecule has 142 valence electrons. The Balaban J connectivity index is 1.41. The zero-order valence-corrected chi connectivity index (χ0v) is 16.3. The first-order chi connectivity index (χ1) is 13.7. The second-order valence-corrected chi connectivity index (χ2v) is 7.45. The fourth-order valence-corrected chi connectivity index (χ4v) is 3.87. The minimum Gasteiger partial charge on any atom is -0.336 e. The zero-order chi connectivity index (χ0) is 19.3. The molecular formula is C25H26N2O. The molecule has 3 aromatic carbocycles. The predicted molar refractivity (Wildman–Crippen MR) is 116 cm³/mol. The molecule has 1 aliphatic heterocycles. The maximum Gasteiger partial charge on any atom is 0.249 e. The van der Waals surface area contributed by atoms with E-state index in [0.717, 1.165) is 43.9 Å². The number of piperazine rings is 1. The molecule has 0 radical (unpaired) electrons. The molecule has 0 aromatic heterocycles. The average molecular weight is 370 g/mol. The second kappa shape index (κ2) is 8.41. The molecule has 3 aromatic rings. The highest BCUT2D eigenvalue weighted by Crippen LogP contribution is 2.21. The third-order valence-corrected chi connectivity index (χ3v) is 5.44. The lowest BCUT2D eigenvalue weighted by Crippen LogP contribution is -2.48. The maximum absolute atomic E-state index is 12.9. The number of nitrogens with zero attached hydrogens (tertiary/aromatic N) is 2.